The highest BCUT2D eigenvalue weighted by Gasteiger charge is 2.30. The van der Waals surface area contributed by atoms with Crippen LogP contribution in [-0.2, 0) is 14.3 Å². The number of ether oxygens (including phenoxy) is 2. The minimum atomic E-state index is -0.285. The molecule has 0 aliphatic carbocycles. The zero-order valence-electron chi connectivity index (χ0n) is 14.8. The molecule has 6 nitrogen and oxygen atoms in total. The van der Waals surface area contributed by atoms with Crippen LogP contribution in [-0.4, -0.2) is 67.1 Å². The summed E-state index contributed by atoms with van der Waals surface area (Å²) >= 11 is 0. The highest BCUT2D eigenvalue weighted by Crippen LogP contribution is 2.16. The molecule has 2 amide bonds. The van der Waals surface area contributed by atoms with Crippen molar-refractivity contribution >= 4 is 11.8 Å². The Labute approximate surface area is 148 Å². The van der Waals surface area contributed by atoms with E-state index in [-0.39, 0.29) is 24.5 Å². The highest BCUT2D eigenvalue weighted by atomic mass is 16.5. The molecule has 1 atom stereocenters. The van der Waals surface area contributed by atoms with Gasteiger partial charge >= 0.3 is 0 Å². The second-order valence-electron chi connectivity index (χ2n) is 6.66. The normalized spacial score (nSPS) is 21.1. The third-order valence-corrected chi connectivity index (χ3v) is 4.75. The highest BCUT2D eigenvalue weighted by molar-refractivity contribution is 5.81. The molecule has 6 heteroatoms. The molecule has 2 aliphatic rings. The quantitative estimate of drug-likeness (QED) is 0.831. The second kappa shape index (κ2) is 8.34. The Morgan fingerprint density at radius 2 is 1.80 bits per heavy atom. The fourth-order valence-corrected chi connectivity index (χ4v) is 3.23. The first-order valence-corrected chi connectivity index (χ1v) is 9.01. The topological polar surface area (TPSA) is 59.1 Å². The van der Waals surface area contributed by atoms with Crippen LogP contribution in [0, 0.1) is 6.92 Å². The molecular formula is C19H26N2O4. The van der Waals surface area contributed by atoms with E-state index < -0.39 is 0 Å². The molecule has 136 valence electrons. The van der Waals surface area contributed by atoms with Crippen molar-refractivity contribution in [3.63, 3.8) is 0 Å². The lowest BCUT2D eigenvalue weighted by Crippen LogP contribution is -2.42. The van der Waals surface area contributed by atoms with Crippen LogP contribution in [0.1, 0.15) is 24.8 Å². The van der Waals surface area contributed by atoms with Crippen LogP contribution in [0.5, 0.6) is 5.75 Å². The first-order chi connectivity index (χ1) is 12.1. The number of carbonyl (C=O) groups is 2. The van der Waals surface area contributed by atoms with Gasteiger partial charge in [0.2, 0.25) is 0 Å². The molecule has 0 radical (unpaired) electrons. The first kappa shape index (κ1) is 17.7. The number of amides is 2. The van der Waals surface area contributed by atoms with Gasteiger partial charge in [-0.05, 0) is 38.3 Å². The Morgan fingerprint density at radius 3 is 2.52 bits per heavy atom. The summed E-state index contributed by atoms with van der Waals surface area (Å²) in [4.78, 5) is 28.5. The third kappa shape index (κ3) is 4.72. The molecule has 0 aromatic heterocycles. The Balaban J connectivity index is 1.47. The molecule has 0 saturated carbocycles. The maximum atomic E-state index is 12.4. The number of carbonyl (C=O) groups excluding carboxylic acids is 2. The van der Waals surface area contributed by atoms with E-state index in [1.54, 1.807) is 4.90 Å². The molecule has 2 saturated heterocycles. The van der Waals surface area contributed by atoms with Crippen molar-refractivity contribution in [2.75, 3.05) is 39.4 Å². The SMILES string of the molecule is Cc1ccc(OCC(=O)N2CCCN(C(=O)C3CCCO3)CC2)cc1. The largest absolute Gasteiger partial charge is 0.484 e. The van der Waals surface area contributed by atoms with Crippen molar-refractivity contribution in [3.05, 3.63) is 29.8 Å². The molecule has 0 bridgehead atoms. The molecule has 2 aliphatic heterocycles. The van der Waals surface area contributed by atoms with Gasteiger partial charge in [-0.15, -0.1) is 0 Å². The molecular weight excluding hydrogens is 320 g/mol. The van der Waals surface area contributed by atoms with Gasteiger partial charge in [0.25, 0.3) is 11.8 Å². The van der Waals surface area contributed by atoms with Crippen LogP contribution in [0.3, 0.4) is 0 Å². The second-order valence-corrected chi connectivity index (χ2v) is 6.66. The summed E-state index contributed by atoms with van der Waals surface area (Å²) in [5.74, 6) is 0.735. The monoisotopic (exact) mass is 346 g/mol. The number of hydrogen-bond acceptors (Lipinski definition) is 4. The van der Waals surface area contributed by atoms with Gasteiger partial charge in [0.05, 0.1) is 0 Å². The van der Waals surface area contributed by atoms with Gasteiger partial charge in [0.15, 0.2) is 6.61 Å². The van der Waals surface area contributed by atoms with Gasteiger partial charge in [0.1, 0.15) is 11.9 Å². The minimum Gasteiger partial charge on any atom is -0.484 e. The van der Waals surface area contributed by atoms with Crippen LogP contribution >= 0.6 is 0 Å². The minimum absolute atomic E-state index is 0.0305. The predicted octanol–water partition coefficient (Wildman–Crippen LogP) is 1.61. The summed E-state index contributed by atoms with van der Waals surface area (Å²) in [7, 11) is 0. The average Bonchev–Trinajstić information content (AvgIpc) is 3.05. The standard InChI is InChI=1S/C19H26N2O4/c1-15-5-7-16(8-6-15)25-14-18(22)20-9-3-10-21(12-11-20)19(23)17-4-2-13-24-17/h5-8,17H,2-4,9-14H2,1H3. The van der Waals surface area contributed by atoms with Crippen molar-refractivity contribution in [2.24, 2.45) is 0 Å². The lowest BCUT2D eigenvalue weighted by molar-refractivity contribution is -0.141. The van der Waals surface area contributed by atoms with E-state index in [4.69, 9.17) is 9.47 Å². The van der Waals surface area contributed by atoms with Gasteiger partial charge < -0.3 is 19.3 Å². The fourth-order valence-electron chi connectivity index (χ4n) is 3.23. The number of rotatable bonds is 4. The van der Waals surface area contributed by atoms with Gasteiger partial charge in [-0.3, -0.25) is 9.59 Å². The molecule has 0 N–H and O–H groups in total. The van der Waals surface area contributed by atoms with Gasteiger partial charge in [0, 0.05) is 32.8 Å². The van der Waals surface area contributed by atoms with Crippen molar-refractivity contribution in [2.45, 2.75) is 32.3 Å². The van der Waals surface area contributed by atoms with E-state index in [0.29, 0.717) is 38.5 Å². The van der Waals surface area contributed by atoms with E-state index in [2.05, 4.69) is 0 Å². The predicted molar refractivity (Wildman–Crippen MR) is 93.4 cm³/mol. The molecule has 3 rings (SSSR count). The number of hydrogen-bond donors (Lipinski definition) is 0. The summed E-state index contributed by atoms with van der Waals surface area (Å²) in [6.45, 7) is 5.17. The van der Waals surface area contributed by atoms with Crippen LogP contribution in [0.15, 0.2) is 24.3 Å². The lowest BCUT2D eigenvalue weighted by atomic mass is 10.2. The summed E-state index contributed by atoms with van der Waals surface area (Å²) < 4.78 is 11.1. The zero-order valence-corrected chi connectivity index (χ0v) is 14.8. The van der Waals surface area contributed by atoms with Gasteiger partial charge in [-0.25, -0.2) is 0 Å². The summed E-state index contributed by atoms with van der Waals surface area (Å²) in [6.07, 6.45) is 2.26. The van der Waals surface area contributed by atoms with E-state index >= 15 is 0 Å². The van der Waals surface area contributed by atoms with Gasteiger partial charge in [-0.1, -0.05) is 17.7 Å². The summed E-state index contributed by atoms with van der Waals surface area (Å²) in [6, 6.07) is 7.65. The fraction of sp³-hybridized carbons (Fsp3) is 0.579. The molecule has 2 fully saturated rings. The number of aryl methyl sites for hydroxylation is 1. The Hall–Kier alpha value is -2.08. The van der Waals surface area contributed by atoms with Crippen LogP contribution in [0.25, 0.3) is 0 Å². The van der Waals surface area contributed by atoms with E-state index in [0.717, 1.165) is 24.8 Å². The van der Waals surface area contributed by atoms with E-state index in [1.165, 1.54) is 0 Å². The van der Waals surface area contributed by atoms with Crippen LogP contribution < -0.4 is 4.74 Å². The molecule has 1 unspecified atom stereocenters. The summed E-state index contributed by atoms with van der Waals surface area (Å²) in [5, 5.41) is 0. The molecule has 2 heterocycles. The maximum Gasteiger partial charge on any atom is 0.260 e. The molecule has 1 aromatic rings. The van der Waals surface area contributed by atoms with Crippen molar-refractivity contribution < 1.29 is 19.1 Å². The Bertz CT molecular complexity index is 596. The molecule has 25 heavy (non-hydrogen) atoms. The lowest BCUT2D eigenvalue weighted by Gasteiger charge is -2.24. The third-order valence-electron chi connectivity index (χ3n) is 4.75. The average molecular weight is 346 g/mol. The van der Waals surface area contributed by atoms with Crippen molar-refractivity contribution in [3.8, 4) is 5.75 Å². The van der Waals surface area contributed by atoms with Crippen molar-refractivity contribution in [1.29, 1.82) is 0 Å². The smallest absolute Gasteiger partial charge is 0.260 e. The van der Waals surface area contributed by atoms with Crippen LogP contribution in [0.4, 0.5) is 0 Å². The van der Waals surface area contributed by atoms with Crippen molar-refractivity contribution in [1.82, 2.24) is 9.80 Å². The summed E-state index contributed by atoms with van der Waals surface area (Å²) in [5.41, 5.74) is 1.15. The van der Waals surface area contributed by atoms with E-state index in [9.17, 15) is 9.59 Å². The first-order valence-electron chi connectivity index (χ1n) is 9.01. The number of nitrogens with zero attached hydrogens (tertiary/aromatic N) is 2. The molecule has 1 aromatic carbocycles. The Morgan fingerprint density at radius 1 is 1.08 bits per heavy atom. The zero-order chi connectivity index (χ0) is 17.6. The van der Waals surface area contributed by atoms with Gasteiger partial charge in [-0.2, -0.15) is 0 Å². The maximum absolute atomic E-state index is 12.4. The van der Waals surface area contributed by atoms with Crippen LogP contribution in [0.2, 0.25) is 0 Å². The molecule has 0 spiro atoms. The van der Waals surface area contributed by atoms with E-state index in [1.807, 2.05) is 36.1 Å². The Kier molecular flexibility index (Phi) is 5.91. The number of benzene rings is 1.